The summed E-state index contributed by atoms with van der Waals surface area (Å²) in [6, 6.07) is 4.02. The van der Waals surface area contributed by atoms with Gasteiger partial charge in [-0.15, -0.1) is 0 Å². The number of amides is 1. The Balaban J connectivity index is 1.88. The lowest BCUT2D eigenvalue weighted by Gasteiger charge is -2.32. The van der Waals surface area contributed by atoms with Crippen molar-refractivity contribution < 1.29 is 4.79 Å². The fraction of sp³-hybridized carbons (Fsp3) is 0.538. The highest BCUT2D eigenvalue weighted by Gasteiger charge is 2.26. The predicted octanol–water partition coefficient (Wildman–Crippen LogP) is 0.834. The van der Waals surface area contributed by atoms with Crippen LogP contribution in [-0.2, 0) is 11.2 Å². The number of likely N-dealkylation sites (N-methyl/N-ethyl adjacent to an activating group) is 1. The van der Waals surface area contributed by atoms with E-state index < -0.39 is 0 Å². The Morgan fingerprint density at radius 3 is 2.94 bits per heavy atom. The Labute approximate surface area is 102 Å². The van der Waals surface area contributed by atoms with Crippen LogP contribution in [-0.4, -0.2) is 42.0 Å². The lowest BCUT2D eigenvalue weighted by atomic mass is 10.0. The minimum Gasteiger partial charge on any atom is -0.341 e. The molecule has 17 heavy (non-hydrogen) atoms. The molecule has 1 aromatic heterocycles. The summed E-state index contributed by atoms with van der Waals surface area (Å²) in [5.74, 6) is 0.243. The van der Waals surface area contributed by atoms with Gasteiger partial charge < -0.3 is 10.2 Å². The van der Waals surface area contributed by atoms with E-state index in [4.69, 9.17) is 0 Å². The number of likely N-dealkylation sites (tertiary alicyclic amines) is 1. The van der Waals surface area contributed by atoms with Gasteiger partial charge in [0.05, 0.1) is 6.04 Å². The van der Waals surface area contributed by atoms with E-state index in [2.05, 4.69) is 10.3 Å². The third kappa shape index (κ3) is 3.03. The molecule has 1 N–H and O–H groups in total. The molecule has 0 radical (unpaired) electrons. The van der Waals surface area contributed by atoms with E-state index in [1.807, 2.05) is 24.1 Å². The van der Waals surface area contributed by atoms with Gasteiger partial charge in [-0.25, -0.2) is 0 Å². The van der Waals surface area contributed by atoms with Crippen LogP contribution in [0.3, 0.4) is 0 Å². The summed E-state index contributed by atoms with van der Waals surface area (Å²) >= 11 is 0. The van der Waals surface area contributed by atoms with E-state index in [9.17, 15) is 4.79 Å². The van der Waals surface area contributed by atoms with Crippen molar-refractivity contribution in [3.8, 4) is 0 Å². The first-order chi connectivity index (χ1) is 8.31. The molecule has 0 saturated carbocycles. The number of aromatic nitrogens is 1. The minimum atomic E-state index is 0.0150. The zero-order valence-corrected chi connectivity index (χ0v) is 10.2. The first-order valence-electron chi connectivity index (χ1n) is 6.16. The molecule has 1 aliphatic heterocycles. The molecule has 0 aliphatic carbocycles. The van der Waals surface area contributed by atoms with Crippen molar-refractivity contribution in [2.45, 2.75) is 25.3 Å². The maximum absolute atomic E-state index is 12.0. The quantitative estimate of drug-likeness (QED) is 0.838. The Morgan fingerprint density at radius 2 is 2.24 bits per heavy atom. The molecule has 1 unspecified atom stereocenters. The lowest BCUT2D eigenvalue weighted by Crippen LogP contribution is -2.50. The van der Waals surface area contributed by atoms with E-state index in [0.717, 1.165) is 32.4 Å². The number of carbonyl (C=O) groups excluding carboxylic acids is 1. The molecule has 4 heteroatoms. The van der Waals surface area contributed by atoms with Crippen LogP contribution in [0, 0.1) is 0 Å². The van der Waals surface area contributed by atoms with Crippen LogP contribution in [0.4, 0.5) is 0 Å². The molecule has 92 valence electrons. The third-order valence-electron chi connectivity index (χ3n) is 3.30. The second-order valence-electron chi connectivity index (χ2n) is 4.41. The van der Waals surface area contributed by atoms with Gasteiger partial charge in [-0.1, -0.05) is 0 Å². The van der Waals surface area contributed by atoms with Gasteiger partial charge in [0.2, 0.25) is 5.91 Å². The second kappa shape index (κ2) is 5.77. The molecule has 0 aromatic carbocycles. The molecule has 1 aromatic rings. The summed E-state index contributed by atoms with van der Waals surface area (Å²) in [7, 11) is 1.86. The van der Waals surface area contributed by atoms with E-state index in [0.29, 0.717) is 0 Å². The smallest absolute Gasteiger partial charge is 0.239 e. The van der Waals surface area contributed by atoms with Crippen molar-refractivity contribution in [2.75, 3.05) is 20.1 Å². The molecule has 0 bridgehead atoms. The van der Waals surface area contributed by atoms with Gasteiger partial charge in [-0.2, -0.15) is 0 Å². The van der Waals surface area contributed by atoms with Gasteiger partial charge in [0.15, 0.2) is 0 Å². The first-order valence-corrected chi connectivity index (χ1v) is 6.16. The van der Waals surface area contributed by atoms with Crippen LogP contribution in [0.2, 0.25) is 0 Å². The summed E-state index contributed by atoms with van der Waals surface area (Å²) in [5, 5.41) is 3.08. The zero-order valence-electron chi connectivity index (χ0n) is 10.2. The number of nitrogens with one attached hydrogen (secondary N) is 1. The Kier molecular flexibility index (Phi) is 4.09. The number of hydrogen-bond acceptors (Lipinski definition) is 3. The highest BCUT2D eigenvalue weighted by atomic mass is 16.2. The summed E-state index contributed by atoms with van der Waals surface area (Å²) in [5.41, 5.74) is 1.24. The van der Waals surface area contributed by atoms with Crippen LogP contribution >= 0.6 is 0 Å². The van der Waals surface area contributed by atoms with Crippen LogP contribution in [0.15, 0.2) is 24.5 Å². The fourth-order valence-corrected chi connectivity index (χ4v) is 2.24. The van der Waals surface area contributed by atoms with Crippen molar-refractivity contribution in [3.05, 3.63) is 30.1 Å². The molecule has 2 rings (SSSR count). The predicted molar refractivity (Wildman–Crippen MR) is 66.6 cm³/mol. The highest BCUT2D eigenvalue weighted by molar-refractivity contribution is 5.82. The molecule has 0 spiro atoms. The van der Waals surface area contributed by atoms with Crippen molar-refractivity contribution in [1.29, 1.82) is 0 Å². The normalized spacial score (nSPS) is 20.6. The SMILES string of the molecule is CNC1CCCN(CCc2ccncc2)C1=O. The van der Waals surface area contributed by atoms with Crippen LogP contribution in [0.25, 0.3) is 0 Å². The molecule has 2 heterocycles. The minimum absolute atomic E-state index is 0.0150. The van der Waals surface area contributed by atoms with Gasteiger partial charge in [0, 0.05) is 25.5 Å². The molecule has 4 nitrogen and oxygen atoms in total. The van der Waals surface area contributed by atoms with Crippen LogP contribution in [0.1, 0.15) is 18.4 Å². The number of pyridine rings is 1. The molecule has 1 saturated heterocycles. The summed E-state index contributed by atoms with van der Waals surface area (Å²) < 4.78 is 0. The average Bonchev–Trinajstić information content (AvgIpc) is 2.39. The van der Waals surface area contributed by atoms with Gasteiger partial charge in [0.1, 0.15) is 0 Å². The Bertz CT molecular complexity index is 366. The summed E-state index contributed by atoms with van der Waals surface area (Å²) in [6.07, 6.45) is 6.55. The van der Waals surface area contributed by atoms with Gasteiger partial charge >= 0.3 is 0 Å². The molecular weight excluding hydrogens is 214 g/mol. The monoisotopic (exact) mass is 233 g/mol. The molecule has 1 atom stereocenters. The largest absolute Gasteiger partial charge is 0.341 e. The van der Waals surface area contributed by atoms with Crippen molar-refractivity contribution >= 4 is 5.91 Å². The standard InChI is InChI=1S/C13H19N3O/c1-14-12-3-2-9-16(13(12)17)10-6-11-4-7-15-8-5-11/h4-5,7-8,12,14H,2-3,6,9-10H2,1H3. The first kappa shape index (κ1) is 12.0. The average molecular weight is 233 g/mol. The Hall–Kier alpha value is -1.42. The maximum atomic E-state index is 12.0. The number of rotatable bonds is 4. The maximum Gasteiger partial charge on any atom is 0.239 e. The number of nitrogens with zero attached hydrogens (tertiary/aromatic N) is 2. The fourth-order valence-electron chi connectivity index (χ4n) is 2.24. The molecule has 1 aliphatic rings. The second-order valence-corrected chi connectivity index (χ2v) is 4.41. The molecule has 1 amide bonds. The number of carbonyl (C=O) groups is 1. The highest BCUT2D eigenvalue weighted by Crippen LogP contribution is 2.12. The van der Waals surface area contributed by atoms with Crippen molar-refractivity contribution in [1.82, 2.24) is 15.2 Å². The van der Waals surface area contributed by atoms with Gasteiger partial charge in [0.25, 0.3) is 0 Å². The van der Waals surface area contributed by atoms with Crippen LogP contribution in [0.5, 0.6) is 0 Å². The van der Waals surface area contributed by atoms with E-state index in [-0.39, 0.29) is 11.9 Å². The number of hydrogen-bond donors (Lipinski definition) is 1. The molecule has 1 fully saturated rings. The van der Waals surface area contributed by atoms with Gasteiger partial charge in [-0.3, -0.25) is 9.78 Å². The summed E-state index contributed by atoms with van der Waals surface area (Å²) in [6.45, 7) is 1.70. The summed E-state index contributed by atoms with van der Waals surface area (Å²) in [4.78, 5) is 18.0. The third-order valence-corrected chi connectivity index (χ3v) is 3.30. The van der Waals surface area contributed by atoms with Crippen molar-refractivity contribution in [2.24, 2.45) is 0 Å². The zero-order chi connectivity index (χ0) is 12.1. The lowest BCUT2D eigenvalue weighted by molar-refractivity contribution is -0.135. The van der Waals surface area contributed by atoms with E-state index in [1.54, 1.807) is 12.4 Å². The van der Waals surface area contributed by atoms with E-state index >= 15 is 0 Å². The van der Waals surface area contributed by atoms with E-state index in [1.165, 1.54) is 5.56 Å². The molecular formula is C13H19N3O. The van der Waals surface area contributed by atoms with Crippen molar-refractivity contribution in [3.63, 3.8) is 0 Å². The topological polar surface area (TPSA) is 45.2 Å². The van der Waals surface area contributed by atoms with Crippen LogP contribution < -0.4 is 5.32 Å². The number of piperidine rings is 1. The van der Waals surface area contributed by atoms with Gasteiger partial charge in [-0.05, 0) is 44.0 Å². The Morgan fingerprint density at radius 1 is 1.47 bits per heavy atom.